The summed E-state index contributed by atoms with van der Waals surface area (Å²) < 4.78 is 4.39. The van der Waals surface area contributed by atoms with Gasteiger partial charge >= 0.3 is 0 Å². The summed E-state index contributed by atoms with van der Waals surface area (Å²) in [7, 11) is 0. The number of nitrogens with one attached hydrogen (secondary N) is 1. The van der Waals surface area contributed by atoms with Crippen LogP contribution >= 0.6 is 11.5 Å². The molecule has 5 nitrogen and oxygen atoms in total. The fraction of sp³-hybridized carbons (Fsp3) is 0.600. The van der Waals surface area contributed by atoms with Gasteiger partial charge in [0, 0.05) is 62.4 Å². The second-order valence-electron chi connectivity index (χ2n) is 7.86. The molecule has 26 heavy (non-hydrogen) atoms. The Morgan fingerprint density at radius 3 is 2.46 bits per heavy atom. The average Bonchev–Trinajstić information content (AvgIpc) is 3.34. The molecule has 0 atom stereocenters. The summed E-state index contributed by atoms with van der Waals surface area (Å²) in [4.78, 5) is 9.68. The largest absolute Gasteiger partial charge is 0.369 e. The van der Waals surface area contributed by atoms with Gasteiger partial charge in [-0.3, -0.25) is 4.90 Å². The van der Waals surface area contributed by atoms with E-state index in [0.717, 1.165) is 36.5 Å². The van der Waals surface area contributed by atoms with Crippen LogP contribution in [-0.2, 0) is 6.54 Å². The molecule has 1 aliphatic heterocycles. The predicted octanol–water partition coefficient (Wildman–Crippen LogP) is 3.81. The van der Waals surface area contributed by atoms with Crippen molar-refractivity contribution in [1.82, 2.24) is 14.3 Å². The van der Waals surface area contributed by atoms with E-state index in [-0.39, 0.29) is 0 Å². The first-order chi connectivity index (χ1) is 12.7. The molecule has 0 unspecified atom stereocenters. The maximum Gasteiger partial charge on any atom is 0.202 e. The van der Waals surface area contributed by atoms with E-state index in [1.165, 1.54) is 55.3 Å². The quantitative estimate of drug-likeness (QED) is 0.802. The van der Waals surface area contributed by atoms with E-state index in [4.69, 9.17) is 0 Å². The van der Waals surface area contributed by atoms with Gasteiger partial charge in [0.15, 0.2) is 0 Å². The molecule has 1 saturated heterocycles. The first kappa shape index (κ1) is 17.7. The number of anilines is 2. The molecule has 0 amide bonds. The maximum atomic E-state index is 4.53. The Labute approximate surface area is 160 Å². The van der Waals surface area contributed by atoms with Crippen LogP contribution in [0.2, 0.25) is 0 Å². The molecule has 140 valence electrons. The summed E-state index contributed by atoms with van der Waals surface area (Å²) in [5, 5.41) is 4.30. The van der Waals surface area contributed by atoms with Gasteiger partial charge in [-0.25, -0.2) is 4.98 Å². The molecule has 4 rings (SSSR count). The third-order valence-electron chi connectivity index (χ3n) is 5.29. The zero-order valence-corrected chi connectivity index (χ0v) is 16.6. The Morgan fingerprint density at radius 2 is 1.85 bits per heavy atom. The Kier molecular flexibility index (Phi) is 5.41. The fourth-order valence-electron chi connectivity index (χ4n) is 3.40. The lowest BCUT2D eigenvalue weighted by Crippen LogP contribution is -2.47. The molecule has 1 aromatic heterocycles. The number of hydrogen-bond acceptors (Lipinski definition) is 6. The SMILES string of the molecule is CC(C)c1nsc(NCc2ccc(N3CCN(CC4CC4)CC3)cc2)n1. The van der Waals surface area contributed by atoms with E-state index in [9.17, 15) is 0 Å². The van der Waals surface area contributed by atoms with Gasteiger partial charge in [-0.05, 0) is 36.5 Å². The van der Waals surface area contributed by atoms with Gasteiger partial charge in [-0.15, -0.1) is 0 Å². The lowest BCUT2D eigenvalue weighted by molar-refractivity contribution is 0.248. The van der Waals surface area contributed by atoms with Crippen LogP contribution in [0.3, 0.4) is 0 Å². The van der Waals surface area contributed by atoms with E-state index in [1.807, 2.05) is 0 Å². The molecule has 1 saturated carbocycles. The molecule has 1 aliphatic carbocycles. The molecule has 2 fully saturated rings. The summed E-state index contributed by atoms with van der Waals surface area (Å²) in [6.45, 7) is 11.1. The molecule has 2 aliphatic rings. The van der Waals surface area contributed by atoms with Crippen LogP contribution in [0.1, 0.15) is 44.0 Å². The minimum atomic E-state index is 0.380. The number of nitrogens with zero attached hydrogens (tertiary/aromatic N) is 4. The molecule has 2 aromatic rings. The van der Waals surface area contributed by atoms with Crippen LogP contribution in [0, 0.1) is 5.92 Å². The van der Waals surface area contributed by atoms with Gasteiger partial charge < -0.3 is 10.2 Å². The molecular formula is C20H29N5S. The molecule has 2 heterocycles. The van der Waals surface area contributed by atoms with Crippen molar-refractivity contribution in [3.05, 3.63) is 35.7 Å². The third-order valence-corrected chi connectivity index (χ3v) is 5.98. The summed E-state index contributed by atoms with van der Waals surface area (Å²) in [6, 6.07) is 8.97. The number of rotatable bonds is 7. The Balaban J connectivity index is 1.26. The molecule has 0 radical (unpaired) electrons. The lowest BCUT2D eigenvalue weighted by Gasteiger charge is -2.36. The highest BCUT2D eigenvalue weighted by Crippen LogP contribution is 2.30. The Bertz CT molecular complexity index is 699. The van der Waals surface area contributed by atoms with E-state index in [0.29, 0.717) is 5.92 Å². The maximum absolute atomic E-state index is 4.53. The van der Waals surface area contributed by atoms with Crippen molar-refractivity contribution >= 4 is 22.4 Å². The van der Waals surface area contributed by atoms with Crippen molar-refractivity contribution in [3.8, 4) is 0 Å². The second kappa shape index (κ2) is 7.92. The monoisotopic (exact) mass is 371 g/mol. The summed E-state index contributed by atoms with van der Waals surface area (Å²) in [6.07, 6.45) is 2.90. The van der Waals surface area contributed by atoms with Crippen LogP contribution in [0.25, 0.3) is 0 Å². The number of benzene rings is 1. The summed E-state index contributed by atoms with van der Waals surface area (Å²) in [5.74, 6) is 2.30. The zero-order valence-electron chi connectivity index (χ0n) is 15.8. The van der Waals surface area contributed by atoms with E-state index in [2.05, 4.69) is 62.6 Å². The smallest absolute Gasteiger partial charge is 0.202 e. The van der Waals surface area contributed by atoms with Crippen LogP contribution in [0.5, 0.6) is 0 Å². The Hall–Kier alpha value is -1.66. The highest BCUT2D eigenvalue weighted by molar-refractivity contribution is 7.09. The highest BCUT2D eigenvalue weighted by atomic mass is 32.1. The van der Waals surface area contributed by atoms with Crippen LogP contribution < -0.4 is 10.2 Å². The van der Waals surface area contributed by atoms with Gasteiger partial charge in [0.25, 0.3) is 0 Å². The number of aromatic nitrogens is 2. The zero-order chi connectivity index (χ0) is 17.9. The first-order valence-electron chi connectivity index (χ1n) is 9.81. The topological polar surface area (TPSA) is 44.3 Å². The number of hydrogen-bond donors (Lipinski definition) is 1. The van der Waals surface area contributed by atoms with Crippen LogP contribution in [-0.4, -0.2) is 47.0 Å². The summed E-state index contributed by atoms with van der Waals surface area (Å²) >= 11 is 1.45. The normalized spacial score (nSPS) is 18.5. The highest BCUT2D eigenvalue weighted by Gasteiger charge is 2.26. The number of piperazine rings is 1. The van der Waals surface area contributed by atoms with Crippen molar-refractivity contribution < 1.29 is 0 Å². The lowest BCUT2D eigenvalue weighted by atomic mass is 10.1. The van der Waals surface area contributed by atoms with Crippen molar-refractivity contribution in [1.29, 1.82) is 0 Å². The van der Waals surface area contributed by atoms with Crippen molar-refractivity contribution in [3.63, 3.8) is 0 Å². The van der Waals surface area contributed by atoms with Crippen LogP contribution in [0.15, 0.2) is 24.3 Å². The van der Waals surface area contributed by atoms with E-state index >= 15 is 0 Å². The summed E-state index contributed by atoms with van der Waals surface area (Å²) in [5.41, 5.74) is 2.63. The minimum Gasteiger partial charge on any atom is -0.369 e. The van der Waals surface area contributed by atoms with Gasteiger partial charge in [0.2, 0.25) is 5.13 Å². The standard InChI is InChI=1S/C20H29N5S/c1-15(2)19-22-20(26-23-19)21-13-16-5-7-18(8-6-16)25-11-9-24(10-12-25)14-17-3-4-17/h5-8,15,17H,3-4,9-14H2,1-2H3,(H,21,22,23). The van der Waals surface area contributed by atoms with Gasteiger partial charge in [-0.2, -0.15) is 4.37 Å². The first-order valence-corrected chi connectivity index (χ1v) is 10.6. The molecule has 6 heteroatoms. The van der Waals surface area contributed by atoms with Gasteiger partial charge in [0.05, 0.1) is 0 Å². The molecule has 0 spiro atoms. The third kappa shape index (κ3) is 4.54. The van der Waals surface area contributed by atoms with E-state index < -0.39 is 0 Å². The molecule has 1 aromatic carbocycles. The van der Waals surface area contributed by atoms with Crippen molar-refractivity contribution in [2.75, 3.05) is 42.9 Å². The second-order valence-corrected chi connectivity index (χ2v) is 8.62. The van der Waals surface area contributed by atoms with Gasteiger partial charge in [-0.1, -0.05) is 26.0 Å². The van der Waals surface area contributed by atoms with Gasteiger partial charge in [0.1, 0.15) is 5.82 Å². The predicted molar refractivity (Wildman–Crippen MR) is 109 cm³/mol. The van der Waals surface area contributed by atoms with Crippen LogP contribution in [0.4, 0.5) is 10.8 Å². The molecule has 1 N–H and O–H groups in total. The molecule has 0 bridgehead atoms. The minimum absolute atomic E-state index is 0.380. The van der Waals surface area contributed by atoms with E-state index in [1.54, 1.807) is 0 Å². The fourth-order valence-corrected chi connectivity index (χ4v) is 4.10. The van der Waals surface area contributed by atoms with Crippen molar-refractivity contribution in [2.45, 2.75) is 39.2 Å². The van der Waals surface area contributed by atoms with Crippen molar-refractivity contribution in [2.24, 2.45) is 5.92 Å². The Morgan fingerprint density at radius 1 is 1.12 bits per heavy atom. The average molecular weight is 372 g/mol. The molecular weight excluding hydrogens is 342 g/mol.